The SMILES string of the molecule is CC(O)(CN=C(N)N1CCN(c2ccc(Cl)cc2)CC1)c1ccsc1.I. The monoisotopic (exact) mass is 506 g/mol. The maximum atomic E-state index is 10.5. The Morgan fingerprint density at radius 1 is 1.23 bits per heavy atom. The summed E-state index contributed by atoms with van der Waals surface area (Å²) in [5.41, 5.74) is 7.20. The Hall–Kier alpha value is -1.03. The van der Waals surface area contributed by atoms with Gasteiger partial charge in [-0.25, -0.2) is 4.99 Å². The number of anilines is 1. The third-order valence-electron chi connectivity index (χ3n) is 4.49. The highest BCUT2D eigenvalue weighted by molar-refractivity contribution is 14.0. The number of guanidine groups is 1. The van der Waals surface area contributed by atoms with Crippen molar-refractivity contribution >= 4 is 58.6 Å². The summed E-state index contributed by atoms with van der Waals surface area (Å²) in [6, 6.07) is 9.81. The minimum atomic E-state index is -0.990. The molecule has 0 amide bonds. The second-order valence-corrected chi connectivity index (χ2v) is 7.63. The quantitative estimate of drug-likeness (QED) is 0.379. The molecule has 0 spiro atoms. The molecule has 2 aromatic rings. The molecule has 1 unspecified atom stereocenters. The molecule has 1 fully saturated rings. The van der Waals surface area contributed by atoms with Crippen molar-refractivity contribution < 1.29 is 5.11 Å². The molecule has 0 bridgehead atoms. The van der Waals surface area contributed by atoms with E-state index in [2.05, 4.69) is 14.8 Å². The van der Waals surface area contributed by atoms with Crippen LogP contribution in [0.4, 0.5) is 5.69 Å². The number of aliphatic imine (C=N–C) groups is 1. The van der Waals surface area contributed by atoms with Crippen LogP contribution in [0.2, 0.25) is 5.02 Å². The molecule has 1 aromatic heterocycles. The van der Waals surface area contributed by atoms with Crippen LogP contribution in [0.1, 0.15) is 12.5 Å². The number of benzene rings is 1. The Morgan fingerprint density at radius 3 is 2.46 bits per heavy atom. The van der Waals surface area contributed by atoms with Crippen LogP contribution in [0.25, 0.3) is 0 Å². The van der Waals surface area contributed by atoms with E-state index in [1.165, 1.54) is 5.69 Å². The van der Waals surface area contributed by atoms with Crippen LogP contribution < -0.4 is 10.6 Å². The van der Waals surface area contributed by atoms with Crippen LogP contribution >= 0.6 is 46.9 Å². The van der Waals surface area contributed by atoms with Gasteiger partial charge in [0, 0.05) is 36.9 Å². The predicted octanol–water partition coefficient (Wildman–Crippen LogP) is 3.36. The van der Waals surface area contributed by atoms with Gasteiger partial charge in [-0.05, 0) is 53.6 Å². The maximum absolute atomic E-state index is 10.5. The molecule has 0 saturated carbocycles. The second-order valence-electron chi connectivity index (χ2n) is 6.41. The lowest BCUT2D eigenvalue weighted by atomic mass is 10.00. The molecule has 1 saturated heterocycles. The second kappa shape index (κ2) is 9.25. The van der Waals surface area contributed by atoms with Crippen LogP contribution in [0, 0.1) is 0 Å². The van der Waals surface area contributed by atoms with Crippen molar-refractivity contribution in [3.8, 4) is 0 Å². The number of rotatable bonds is 4. The lowest BCUT2D eigenvalue weighted by Gasteiger charge is -2.36. The average molecular weight is 507 g/mol. The number of nitrogens with two attached hydrogens (primary N) is 1. The molecule has 3 N–H and O–H groups in total. The summed E-state index contributed by atoms with van der Waals surface area (Å²) in [5, 5.41) is 15.2. The van der Waals surface area contributed by atoms with Crippen molar-refractivity contribution in [1.29, 1.82) is 0 Å². The molecule has 0 radical (unpaired) electrons. The van der Waals surface area contributed by atoms with E-state index < -0.39 is 5.60 Å². The minimum Gasteiger partial charge on any atom is -0.383 e. The number of halogens is 2. The molecule has 8 heteroatoms. The normalized spacial score (nSPS) is 17.6. The predicted molar refractivity (Wildman–Crippen MR) is 121 cm³/mol. The molecule has 3 rings (SSSR count). The van der Waals surface area contributed by atoms with E-state index in [1.807, 2.05) is 41.1 Å². The fraction of sp³-hybridized carbons (Fsp3) is 0.389. The first-order chi connectivity index (χ1) is 12.0. The Bertz CT molecular complexity index is 713. The molecule has 142 valence electrons. The van der Waals surface area contributed by atoms with Gasteiger partial charge in [0.25, 0.3) is 0 Å². The van der Waals surface area contributed by atoms with E-state index in [9.17, 15) is 5.11 Å². The number of hydrogen-bond donors (Lipinski definition) is 2. The van der Waals surface area contributed by atoms with Crippen molar-refractivity contribution in [2.45, 2.75) is 12.5 Å². The van der Waals surface area contributed by atoms with Crippen molar-refractivity contribution in [2.75, 3.05) is 37.6 Å². The summed E-state index contributed by atoms with van der Waals surface area (Å²) in [7, 11) is 0. The van der Waals surface area contributed by atoms with Crippen LogP contribution in [0.15, 0.2) is 46.1 Å². The fourth-order valence-electron chi connectivity index (χ4n) is 2.84. The maximum Gasteiger partial charge on any atom is 0.191 e. The van der Waals surface area contributed by atoms with E-state index in [4.69, 9.17) is 17.3 Å². The van der Waals surface area contributed by atoms with Gasteiger partial charge in [0.05, 0.1) is 6.54 Å². The van der Waals surface area contributed by atoms with Gasteiger partial charge in [-0.1, -0.05) is 11.6 Å². The number of piperazine rings is 1. The standard InChI is InChI=1S/C18H23ClN4OS.HI/c1-18(24,14-6-11-25-12-14)13-21-17(20)23-9-7-22(8-10-23)16-4-2-15(19)3-5-16;/h2-6,11-12,24H,7-10,13H2,1H3,(H2,20,21);1H. The van der Waals surface area contributed by atoms with Crippen molar-refractivity contribution in [3.05, 3.63) is 51.7 Å². The number of nitrogens with zero attached hydrogens (tertiary/aromatic N) is 3. The lowest BCUT2D eigenvalue weighted by molar-refractivity contribution is 0.0675. The summed E-state index contributed by atoms with van der Waals surface area (Å²) in [4.78, 5) is 8.80. The molecule has 1 aliphatic heterocycles. The van der Waals surface area contributed by atoms with E-state index in [-0.39, 0.29) is 30.5 Å². The van der Waals surface area contributed by atoms with Crippen molar-refractivity contribution in [1.82, 2.24) is 4.90 Å². The summed E-state index contributed by atoms with van der Waals surface area (Å²) in [5.74, 6) is 0.492. The first kappa shape index (κ1) is 21.3. The zero-order valence-corrected chi connectivity index (χ0v) is 18.5. The largest absolute Gasteiger partial charge is 0.383 e. The number of aliphatic hydroxyl groups is 1. The van der Waals surface area contributed by atoms with Gasteiger partial charge in [-0.2, -0.15) is 11.3 Å². The highest BCUT2D eigenvalue weighted by Crippen LogP contribution is 2.23. The zero-order chi connectivity index (χ0) is 17.9. The molecule has 2 heterocycles. The molecular weight excluding hydrogens is 483 g/mol. The molecule has 5 nitrogen and oxygen atoms in total. The average Bonchev–Trinajstić information content (AvgIpc) is 3.16. The topological polar surface area (TPSA) is 65.1 Å². The van der Waals surface area contributed by atoms with Crippen LogP contribution in [-0.4, -0.2) is 48.7 Å². The Kier molecular flexibility index (Phi) is 7.57. The first-order valence-electron chi connectivity index (χ1n) is 8.26. The third kappa shape index (κ3) is 5.25. The van der Waals surface area contributed by atoms with Crippen molar-refractivity contribution in [3.63, 3.8) is 0 Å². The summed E-state index contributed by atoms with van der Waals surface area (Å²) in [6.07, 6.45) is 0. The van der Waals surface area contributed by atoms with Gasteiger partial charge in [0.15, 0.2) is 5.96 Å². The Labute approximate surface area is 180 Å². The van der Waals surface area contributed by atoms with Gasteiger partial charge >= 0.3 is 0 Å². The molecule has 1 atom stereocenters. The van der Waals surface area contributed by atoms with E-state index >= 15 is 0 Å². The highest BCUT2D eigenvalue weighted by atomic mass is 127. The summed E-state index contributed by atoms with van der Waals surface area (Å²) >= 11 is 7.51. The van der Waals surface area contributed by atoms with Gasteiger partial charge in [-0.3, -0.25) is 0 Å². The fourth-order valence-corrected chi connectivity index (χ4v) is 3.75. The third-order valence-corrected chi connectivity index (χ3v) is 5.42. The summed E-state index contributed by atoms with van der Waals surface area (Å²) < 4.78 is 0. The first-order valence-corrected chi connectivity index (χ1v) is 9.58. The molecular formula is C18H24ClIN4OS. The van der Waals surface area contributed by atoms with E-state index in [1.54, 1.807) is 18.3 Å². The minimum absolute atomic E-state index is 0. The lowest BCUT2D eigenvalue weighted by Crippen LogP contribution is -2.51. The van der Waals surface area contributed by atoms with Gasteiger partial charge in [-0.15, -0.1) is 24.0 Å². The highest BCUT2D eigenvalue weighted by Gasteiger charge is 2.24. The summed E-state index contributed by atoms with van der Waals surface area (Å²) in [6.45, 7) is 5.38. The van der Waals surface area contributed by atoms with Gasteiger partial charge in [0.2, 0.25) is 0 Å². The van der Waals surface area contributed by atoms with Crippen LogP contribution in [0.5, 0.6) is 0 Å². The van der Waals surface area contributed by atoms with Gasteiger partial charge in [0.1, 0.15) is 5.60 Å². The van der Waals surface area contributed by atoms with Crippen LogP contribution in [-0.2, 0) is 5.60 Å². The molecule has 0 aliphatic carbocycles. The molecule has 1 aromatic carbocycles. The number of thiophene rings is 1. The smallest absolute Gasteiger partial charge is 0.191 e. The Morgan fingerprint density at radius 2 is 1.88 bits per heavy atom. The zero-order valence-electron chi connectivity index (χ0n) is 14.6. The number of hydrogen-bond acceptors (Lipinski definition) is 4. The van der Waals surface area contributed by atoms with Crippen LogP contribution in [0.3, 0.4) is 0 Å². The van der Waals surface area contributed by atoms with Crippen molar-refractivity contribution in [2.24, 2.45) is 10.7 Å². The van der Waals surface area contributed by atoms with Gasteiger partial charge < -0.3 is 20.6 Å². The van der Waals surface area contributed by atoms with E-state index in [0.29, 0.717) is 5.96 Å². The van der Waals surface area contributed by atoms with E-state index in [0.717, 1.165) is 36.8 Å². The Balaban J connectivity index is 0.00000243. The molecule has 1 aliphatic rings. The molecule has 26 heavy (non-hydrogen) atoms.